The Morgan fingerprint density at radius 1 is 0.962 bits per heavy atom. The first kappa shape index (κ1) is 16.5. The first-order chi connectivity index (χ1) is 12.9. The van der Waals surface area contributed by atoms with Crippen molar-refractivity contribution < 1.29 is 9.47 Å². The normalized spacial score (nSPS) is 14.4. The summed E-state index contributed by atoms with van der Waals surface area (Å²) in [5, 5.41) is 5.44. The van der Waals surface area contributed by atoms with Crippen LogP contribution in [0, 0.1) is 0 Å². The molecule has 1 aliphatic rings. The Morgan fingerprint density at radius 2 is 1.81 bits per heavy atom. The molecule has 1 aromatic carbocycles. The van der Waals surface area contributed by atoms with Crippen molar-refractivity contribution in [2.45, 2.75) is 0 Å². The lowest BCUT2D eigenvalue weighted by Gasteiger charge is -2.28. The lowest BCUT2D eigenvalue weighted by Crippen LogP contribution is -2.44. The van der Waals surface area contributed by atoms with Crippen LogP contribution >= 0.6 is 0 Å². The molecule has 0 saturated carbocycles. The van der Waals surface area contributed by atoms with Crippen molar-refractivity contribution in [3.8, 4) is 11.6 Å². The van der Waals surface area contributed by atoms with Crippen LogP contribution in [0.3, 0.4) is 0 Å². The lowest BCUT2D eigenvalue weighted by molar-refractivity contribution is 0.213. The van der Waals surface area contributed by atoms with Gasteiger partial charge in [0.15, 0.2) is 5.82 Å². The van der Waals surface area contributed by atoms with Crippen molar-refractivity contribution in [1.29, 1.82) is 0 Å². The molecule has 0 bridgehead atoms. The quantitative estimate of drug-likeness (QED) is 0.680. The predicted octanol–water partition coefficient (Wildman–Crippen LogP) is 1.89. The van der Waals surface area contributed by atoms with Crippen LogP contribution < -0.4 is 19.7 Å². The number of aromatic nitrogens is 3. The van der Waals surface area contributed by atoms with Gasteiger partial charge in [0.05, 0.1) is 0 Å². The van der Waals surface area contributed by atoms with Gasteiger partial charge in [-0.15, -0.1) is 0 Å². The Hall–Kier alpha value is -2.93. The molecule has 4 rings (SSSR count). The van der Waals surface area contributed by atoms with Gasteiger partial charge in [0, 0.05) is 61.7 Å². The summed E-state index contributed by atoms with van der Waals surface area (Å²) in [5.41, 5.74) is 0. The molecule has 0 unspecified atom stereocenters. The SMILES string of the molecule is c1cc(OCCOc2nccnc2N2CCNCC2)c2ccncc2c1. The summed E-state index contributed by atoms with van der Waals surface area (Å²) < 4.78 is 11.8. The minimum absolute atomic E-state index is 0.402. The molecular formula is C19H21N5O2. The fraction of sp³-hybridized carbons (Fsp3) is 0.316. The predicted molar refractivity (Wildman–Crippen MR) is 99.8 cm³/mol. The fourth-order valence-electron chi connectivity index (χ4n) is 3.02. The topological polar surface area (TPSA) is 72.4 Å². The number of anilines is 1. The molecule has 1 aliphatic heterocycles. The minimum atomic E-state index is 0.402. The number of pyridine rings is 1. The highest BCUT2D eigenvalue weighted by Crippen LogP contribution is 2.25. The maximum Gasteiger partial charge on any atom is 0.257 e. The maximum absolute atomic E-state index is 5.90. The summed E-state index contributed by atoms with van der Waals surface area (Å²) in [6.07, 6.45) is 6.95. The number of hydrogen-bond acceptors (Lipinski definition) is 7. The Morgan fingerprint density at radius 3 is 2.73 bits per heavy atom. The summed E-state index contributed by atoms with van der Waals surface area (Å²) in [6.45, 7) is 4.51. The molecular weight excluding hydrogens is 330 g/mol. The van der Waals surface area contributed by atoms with Crippen LogP contribution in [-0.2, 0) is 0 Å². The van der Waals surface area contributed by atoms with Gasteiger partial charge < -0.3 is 19.7 Å². The largest absolute Gasteiger partial charge is 0.489 e. The van der Waals surface area contributed by atoms with E-state index in [4.69, 9.17) is 9.47 Å². The standard InChI is InChI=1S/C19H21N5O2/c1-2-15-14-21-5-4-16(15)17(3-1)25-12-13-26-19-18(22-6-7-23-19)24-10-8-20-9-11-24/h1-7,14,20H,8-13H2. The Balaban J connectivity index is 1.38. The van der Waals surface area contributed by atoms with E-state index in [-0.39, 0.29) is 0 Å². The van der Waals surface area contributed by atoms with Crippen molar-refractivity contribution in [1.82, 2.24) is 20.3 Å². The van der Waals surface area contributed by atoms with E-state index in [9.17, 15) is 0 Å². The average molecular weight is 351 g/mol. The molecule has 1 fully saturated rings. The molecule has 26 heavy (non-hydrogen) atoms. The second-order valence-electron chi connectivity index (χ2n) is 5.97. The lowest BCUT2D eigenvalue weighted by atomic mass is 10.1. The third kappa shape index (κ3) is 3.67. The van der Waals surface area contributed by atoms with E-state index in [0.29, 0.717) is 19.1 Å². The highest BCUT2D eigenvalue weighted by molar-refractivity contribution is 5.87. The van der Waals surface area contributed by atoms with E-state index in [1.807, 2.05) is 30.5 Å². The van der Waals surface area contributed by atoms with Crippen molar-refractivity contribution in [2.24, 2.45) is 0 Å². The number of fused-ring (bicyclic) bond motifs is 1. The zero-order chi connectivity index (χ0) is 17.6. The van der Waals surface area contributed by atoms with Crippen LogP contribution in [0.2, 0.25) is 0 Å². The Bertz CT molecular complexity index is 862. The van der Waals surface area contributed by atoms with Crippen LogP contribution in [0.5, 0.6) is 11.6 Å². The van der Waals surface area contributed by atoms with E-state index in [1.54, 1.807) is 18.6 Å². The number of nitrogens with one attached hydrogen (secondary N) is 1. The molecule has 7 nitrogen and oxygen atoms in total. The highest BCUT2D eigenvalue weighted by Gasteiger charge is 2.17. The van der Waals surface area contributed by atoms with E-state index < -0.39 is 0 Å². The van der Waals surface area contributed by atoms with Crippen molar-refractivity contribution in [3.05, 3.63) is 49.1 Å². The average Bonchev–Trinajstić information content (AvgIpc) is 2.72. The molecule has 2 aromatic heterocycles. The zero-order valence-corrected chi connectivity index (χ0v) is 14.5. The van der Waals surface area contributed by atoms with Gasteiger partial charge in [0.2, 0.25) is 0 Å². The van der Waals surface area contributed by atoms with Gasteiger partial charge >= 0.3 is 0 Å². The molecule has 0 aliphatic carbocycles. The Kier molecular flexibility index (Phi) is 5.07. The van der Waals surface area contributed by atoms with Crippen molar-refractivity contribution in [3.63, 3.8) is 0 Å². The molecule has 0 spiro atoms. The molecule has 0 amide bonds. The molecule has 3 heterocycles. The van der Waals surface area contributed by atoms with Gasteiger partial charge in [-0.2, -0.15) is 0 Å². The fourth-order valence-corrected chi connectivity index (χ4v) is 3.02. The smallest absolute Gasteiger partial charge is 0.257 e. The molecule has 134 valence electrons. The number of hydrogen-bond donors (Lipinski definition) is 1. The molecule has 0 radical (unpaired) electrons. The van der Waals surface area contributed by atoms with Gasteiger partial charge in [0.25, 0.3) is 5.88 Å². The molecule has 7 heteroatoms. The van der Waals surface area contributed by atoms with Gasteiger partial charge in [-0.1, -0.05) is 12.1 Å². The zero-order valence-electron chi connectivity index (χ0n) is 14.5. The second-order valence-corrected chi connectivity index (χ2v) is 5.97. The summed E-state index contributed by atoms with van der Waals surface area (Å²) in [7, 11) is 0. The van der Waals surface area contributed by atoms with Crippen LogP contribution in [0.4, 0.5) is 5.82 Å². The number of rotatable bonds is 6. The molecule has 1 N–H and O–H groups in total. The van der Waals surface area contributed by atoms with Gasteiger partial charge in [-0.3, -0.25) is 4.98 Å². The van der Waals surface area contributed by atoms with Crippen molar-refractivity contribution in [2.75, 3.05) is 44.3 Å². The highest BCUT2D eigenvalue weighted by atomic mass is 16.5. The maximum atomic E-state index is 5.90. The number of nitrogens with zero attached hydrogens (tertiary/aromatic N) is 4. The third-order valence-electron chi connectivity index (χ3n) is 4.28. The third-order valence-corrected chi connectivity index (χ3v) is 4.28. The van der Waals surface area contributed by atoms with E-state index >= 15 is 0 Å². The minimum Gasteiger partial charge on any atom is -0.489 e. The molecule has 0 atom stereocenters. The van der Waals surface area contributed by atoms with E-state index in [2.05, 4.69) is 25.2 Å². The van der Waals surface area contributed by atoms with Crippen LogP contribution in [0.25, 0.3) is 10.8 Å². The summed E-state index contributed by atoms with van der Waals surface area (Å²) >= 11 is 0. The van der Waals surface area contributed by atoms with Gasteiger partial charge in [-0.05, 0) is 12.1 Å². The van der Waals surface area contributed by atoms with Gasteiger partial charge in [0.1, 0.15) is 19.0 Å². The van der Waals surface area contributed by atoms with Crippen LogP contribution in [0.15, 0.2) is 49.1 Å². The number of ether oxygens (including phenoxy) is 2. The molecule has 1 saturated heterocycles. The monoisotopic (exact) mass is 351 g/mol. The first-order valence-electron chi connectivity index (χ1n) is 8.77. The van der Waals surface area contributed by atoms with Crippen LogP contribution in [-0.4, -0.2) is 54.3 Å². The van der Waals surface area contributed by atoms with Gasteiger partial charge in [-0.25, -0.2) is 9.97 Å². The number of benzene rings is 1. The van der Waals surface area contributed by atoms with E-state index in [0.717, 1.165) is 48.5 Å². The molecule has 3 aromatic rings. The van der Waals surface area contributed by atoms with Crippen LogP contribution in [0.1, 0.15) is 0 Å². The Labute approximate surface area is 152 Å². The second kappa shape index (κ2) is 7.97. The summed E-state index contributed by atoms with van der Waals surface area (Å²) in [6, 6.07) is 7.89. The summed E-state index contributed by atoms with van der Waals surface area (Å²) in [5.74, 6) is 2.18. The van der Waals surface area contributed by atoms with E-state index in [1.165, 1.54) is 0 Å². The number of piperazine rings is 1. The summed E-state index contributed by atoms with van der Waals surface area (Å²) in [4.78, 5) is 15.1. The first-order valence-corrected chi connectivity index (χ1v) is 8.77. The van der Waals surface area contributed by atoms with Crippen molar-refractivity contribution >= 4 is 16.6 Å².